The topological polar surface area (TPSA) is 0 Å². The molecule has 2 rings (SSSR count). The van der Waals surface area contributed by atoms with Crippen molar-refractivity contribution in [2.45, 2.75) is 0 Å². The molecule has 0 fully saturated rings. The fourth-order valence-corrected chi connectivity index (χ4v) is 1.76. The van der Waals surface area contributed by atoms with Crippen molar-refractivity contribution in [1.29, 1.82) is 0 Å². The predicted molar refractivity (Wildman–Crippen MR) is 53.3 cm³/mol. The predicted octanol–water partition coefficient (Wildman–Crippen LogP) is 3.35. The third-order valence-electron chi connectivity index (χ3n) is 1.65. The molecule has 0 aliphatic heterocycles. The minimum atomic E-state index is 1.26. The van der Waals surface area contributed by atoms with Crippen LogP contribution >= 0.6 is 11.3 Å². The van der Waals surface area contributed by atoms with Crippen molar-refractivity contribution in [3.05, 3.63) is 64.7 Å². The molecule has 0 saturated carbocycles. The number of rotatable bonds is 2. The standard InChI is InChI=1S/C11H9S/c1-2-5-10(6-3-1)9-11-7-4-8-12-11/h1-9H. The molecule has 1 heterocycles. The quantitative estimate of drug-likeness (QED) is 0.653. The summed E-state index contributed by atoms with van der Waals surface area (Å²) in [5.74, 6) is 0. The SMILES string of the molecule is [CH](c1ccccc1)c1cccs1. The summed E-state index contributed by atoms with van der Waals surface area (Å²) in [5.41, 5.74) is 1.26. The number of thiophene rings is 1. The van der Waals surface area contributed by atoms with Crippen LogP contribution in [-0.4, -0.2) is 0 Å². The third kappa shape index (κ3) is 1.74. The van der Waals surface area contributed by atoms with E-state index in [9.17, 15) is 0 Å². The van der Waals surface area contributed by atoms with E-state index in [0.29, 0.717) is 0 Å². The molecule has 0 spiro atoms. The van der Waals surface area contributed by atoms with Gasteiger partial charge >= 0.3 is 0 Å². The second-order valence-corrected chi connectivity index (χ2v) is 3.55. The van der Waals surface area contributed by atoms with Gasteiger partial charge in [0.25, 0.3) is 0 Å². The first-order chi connectivity index (χ1) is 5.95. The van der Waals surface area contributed by atoms with Crippen LogP contribution in [0.25, 0.3) is 0 Å². The van der Waals surface area contributed by atoms with Gasteiger partial charge in [-0.05, 0) is 17.0 Å². The maximum atomic E-state index is 2.19. The van der Waals surface area contributed by atoms with Crippen molar-refractivity contribution in [3.8, 4) is 0 Å². The Kier molecular flexibility index (Phi) is 2.23. The van der Waals surface area contributed by atoms with Gasteiger partial charge in [0.2, 0.25) is 0 Å². The van der Waals surface area contributed by atoms with Crippen LogP contribution in [0.1, 0.15) is 10.4 Å². The average molecular weight is 173 g/mol. The van der Waals surface area contributed by atoms with Crippen molar-refractivity contribution in [2.24, 2.45) is 0 Å². The van der Waals surface area contributed by atoms with Crippen molar-refractivity contribution in [2.75, 3.05) is 0 Å². The molecule has 0 atom stereocenters. The highest BCUT2D eigenvalue weighted by molar-refractivity contribution is 7.10. The van der Waals surface area contributed by atoms with Crippen LogP contribution in [0.15, 0.2) is 47.8 Å². The number of hydrogen-bond donors (Lipinski definition) is 0. The van der Waals surface area contributed by atoms with Gasteiger partial charge in [0.1, 0.15) is 0 Å². The largest absolute Gasteiger partial charge is 0.148 e. The summed E-state index contributed by atoms with van der Waals surface area (Å²) in [6, 6.07) is 14.6. The van der Waals surface area contributed by atoms with Gasteiger partial charge in [0, 0.05) is 11.3 Å². The van der Waals surface area contributed by atoms with E-state index in [4.69, 9.17) is 0 Å². The van der Waals surface area contributed by atoms with Gasteiger partial charge in [-0.2, -0.15) is 0 Å². The van der Waals surface area contributed by atoms with E-state index in [2.05, 4.69) is 48.2 Å². The summed E-state index contributed by atoms with van der Waals surface area (Å²) in [6.07, 6.45) is 2.19. The minimum absolute atomic E-state index is 1.26. The molecule has 12 heavy (non-hydrogen) atoms. The normalized spacial score (nSPS) is 10.0. The van der Waals surface area contributed by atoms with Crippen LogP contribution in [-0.2, 0) is 0 Å². The van der Waals surface area contributed by atoms with Crippen molar-refractivity contribution in [1.82, 2.24) is 0 Å². The molecular formula is C11H9S. The smallest absolute Gasteiger partial charge is 0.0301 e. The summed E-state index contributed by atoms with van der Waals surface area (Å²) in [5, 5.41) is 2.09. The lowest BCUT2D eigenvalue weighted by atomic mass is 10.1. The summed E-state index contributed by atoms with van der Waals surface area (Å²) in [6.45, 7) is 0. The third-order valence-corrected chi connectivity index (χ3v) is 2.47. The van der Waals surface area contributed by atoms with Crippen LogP contribution in [0.5, 0.6) is 0 Å². The zero-order chi connectivity index (χ0) is 8.23. The summed E-state index contributed by atoms with van der Waals surface area (Å²) in [4.78, 5) is 1.31. The lowest BCUT2D eigenvalue weighted by Gasteiger charge is -1.95. The van der Waals surface area contributed by atoms with Gasteiger partial charge < -0.3 is 0 Å². The minimum Gasteiger partial charge on any atom is -0.148 e. The Morgan fingerprint density at radius 3 is 2.42 bits per heavy atom. The molecule has 0 saturated heterocycles. The van der Waals surface area contributed by atoms with Gasteiger partial charge in [0.05, 0.1) is 0 Å². The Morgan fingerprint density at radius 1 is 0.917 bits per heavy atom. The van der Waals surface area contributed by atoms with Crippen molar-refractivity contribution < 1.29 is 0 Å². The lowest BCUT2D eigenvalue weighted by molar-refractivity contribution is 1.50. The number of hydrogen-bond acceptors (Lipinski definition) is 1. The molecule has 0 aliphatic carbocycles. The molecule has 0 bridgehead atoms. The second-order valence-electron chi connectivity index (χ2n) is 2.57. The molecular weight excluding hydrogens is 164 g/mol. The monoisotopic (exact) mass is 173 g/mol. The fraction of sp³-hybridized carbons (Fsp3) is 0. The maximum absolute atomic E-state index is 2.19. The molecule has 1 heteroatoms. The Balaban J connectivity index is 2.15. The van der Waals surface area contributed by atoms with E-state index >= 15 is 0 Å². The molecule has 0 aliphatic rings. The van der Waals surface area contributed by atoms with Crippen molar-refractivity contribution >= 4 is 11.3 Å². The molecule has 0 N–H and O–H groups in total. The Labute approximate surface area is 76.5 Å². The fourth-order valence-electron chi connectivity index (χ4n) is 1.09. The molecule has 1 radical (unpaired) electrons. The maximum Gasteiger partial charge on any atom is 0.0301 e. The molecule has 2 aromatic rings. The first kappa shape index (κ1) is 7.56. The highest BCUT2D eigenvalue weighted by Crippen LogP contribution is 2.15. The molecule has 0 amide bonds. The molecule has 0 unspecified atom stereocenters. The lowest BCUT2D eigenvalue weighted by Crippen LogP contribution is -1.78. The molecule has 1 aromatic heterocycles. The van der Waals surface area contributed by atoms with E-state index in [1.165, 1.54) is 10.4 Å². The Hall–Kier alpha value is -1.08. The summed E-state index contributed by atoms with van der Waals surface area (Å²) < 4.78 is 0. The Bertz CT molecular complexity index is 321. The van der Waals surface area contributed by atoms with Crippen LogP contribution in [0.2, 0.25) is 0 Å². The summed E-state index contributed by atoms with van der Waals surface area (Å²) >= 11 is 1.76. The van der Waals surface area contributed by atoms with E-state index in [1.54, 1.807) is 11.3 Å². The van der Waals surface area contributed by atoms with Gasteiger partial charge in [-0.15, -0.1) is 11.3 Å². The molecule has 59 valence electrons. The molecule has 1 aromatic carbocycles. The van der Waals surface area contributed by atoms with Crippen molar-refractivity contribution in [3.63, 3.8) is 0 Å². The van der Waals surface area contributed by atoms with Crippen LogP contribution in [0.4, 0.5) is 0 Å². The average Bonchev–Trinajstić information content (AvgIpc) is 2.59. The first-order valence-electron chi connectivity index (χ1n) is 3.88. The van der Waals surface area contributed by atoms with E-state index < -0.39 is 0 Å². The zero-order valence-electron chi connectivity index (χ0n) is 6.60. The highest BCUT2D eigenvalue weighted by Gasteiger charge is 1.95. The highest BCUT2D eigenvalue weighted by atomic mass is 32.1. The molecule has 0 nitrogen and oxygen atoms in total. The zero-order valence-corrected chi connectivity index (χ0v) is 7.42. The van der Waals surface area contributed by atoms with Gasteiger partial charge in [-0.1, -0.05) is 36.4 Å². The van der Waals surface area contributed by atoms with E-state index in [-0.39, 0.29) is 0 Å². The van der Waals surface area contributed by atoms with Crippen LogP contribution < -0.4 is 0 Å². The second kappa shape index (κ2) is 3.55. The van der Waals surface area contributed by atoms with Gasteiger partial charge in [-0.25, -0.2) is 0 Å². The van der Waals surface area contributed by atoms with E-state index in [1.807, 2.05) is 6.07 Å². The van der Waals surface area contributed by atoms with Crippen LogP contribution in [0.3, 0.4) is 0 Å². The Morgan fingerprint density at radius 2 is 1.75 bits per heavy atom. The number of benzene rings is 1. The first-order valence-corrected chi connectivity index (χ1v) is 4.76. The van der Waals surface area contributed by atoms with Gasteiger partial charge in [0.15, 0.2) is 0 Å². The van der Waals surface area contributed by atoms with Gasteiger partial charge in [-0.3, -0.25) is 0 Å². The van der Waals surface area contributed by atoms with E-state index in [0.717, 1.165) is 0 Å². The van der Waals surface area contributed by atoms with Crippen LogP contribution in [0, 0.1) is 6.42 Å². The summed E-state index contributed by atoms with van der Waals surface area (Å²) in [7, 11) is 0.